The number of rotatable bonds is 6. The molecule has 2 aromatic rings. The Kier molecular flexibility index (Phi) is 7.17. The summed E-state index contributed by atoms with van der Waals surface area (Å²) in [7, 11) is 0.146. The number of aliphatic imine (C=N–C) groups is 1. The molecule has 164 valence electrons. The Morgan fingerprint density at radius 1 is 1.17 bits per heavy atom. The lowest BCUT2D eigenvalue weighted by atomic mass is 10.2. The molecule has 1 atom stereocenters. The molecule has 0 bridgehead atoms. The molecule has 0 saturated carbocycles. The highest BCUT2D eigenvalue weighted by Crippen LogP contribution is 2.21. The van der Waals surface area contributed by atoms with Gasteiger partial charge in [0.25, 0.3) is 0 Å². The lowest BCUT2D eigenvalue weighted by molar-refractivity contribution is 0.222. The molecule has 9 heteroatoms. The fourth-order valence-corrected chi connectivity index (χ4v) is 5.05. The molecule has 2 heterocycles. The van der Waals surface area contributed by atoms with Crippen molar-refractivity contribution in [1.82, 2.24) is 19.8 Å². The molecule has 0 radical (unpaired) electrons. The molecular weight excluding hydrogens is 402 g/mol. The fraction of sp³-hybridized carbons (Fsp3) is 0.476. The van der Waals surface area contributed by atoms with E-state index < -0.39 is 10.0 Å². The predicted octanol–water partition coefficient (Wildman–Crippen LogP) is 1.95. The van der Waals surface area contributed by atoms with Gasteiger partial charge in [0.15, 0.2) is 5.96 Å². The van der Waals surface area contributed by atoms with Gasteiger partial charge in [-0.1, -0.05) is 18.2 Å². The molecule has 1 saturated heterocycles. The molecule has 1 aromatic heterocycles. The van der Waals surface area contributed by atoms with Gasteiger partial charge in [-0.15, -0.1) is 0 Å². The number of furan rings is 1. The van der Waals surface area contributed by atoms with Gasteiger partial charge in [0.05, 0.1) is 10.9 Å². The van der Waals surface area contributed by atoms with Crippen LogP contribution in [0.25, 0.3) is 0 Å². The quantitative estimate of drug-likeness (QED) is 0.535. The highest BCUT2D eigenvalue weighted by atomic mass is 32.2. The van der Waals surface area contributed by atoms with Crippen LogP contribution in [0.1, 0.15) is 30.0 Å². The molecule has 0 spiro atoms. The van der Waals surface area contributed by atoms with Crippen LogP contribution in [-0.2, 0) is 16.6 Å². The van der Waals surface area contributed by atoms with E-state index >= 15 is 0 Å². The van der Waals surface area contributed by atoms with E-state index in [1.165, 1.54) is 0 Å². The van der Waals surface area contributed by atoms with Crippen molar-refractivity contribution in [1.29, 1.82) is 0 Å². The molecule has 1 aliphatic rings. The van der Waals surface area contributed by atoms with Crippen molar-refractivity contribution in [2.45, 2.75) is 31.3 Å². The van der Waals surface area contributed by atoms with Crippen LogP contribution in [0.15, 0.2) is 50.7 Å². The Labute approximate surface area is 179 Å². The summed E-state index contributed by atoms with van der Waals surface area (Å²) >= 11 is 0. The molecule has 1 unspecified atom stereocenters. The third-order valence-electron chi connectivity index (χ3n) is 5.26. The van der Waals surface area contributed by atoms with Crippen LogP contribution >= 0.6 is 0 Å². The van der Waals surface area contributed by atoms with Crippen molar-refractivity contribution >= 4 is 16.0 Å². The zero-order valence-electron chi connectivity index (χ0n) is 18.1. The minimum absolute atomic E-state index is 0.0748. The van der Waals surface area contributed by atoms with Gasteiger partial charge in [0, 0.05) is 39.8 Å². The van der Waals surface area contributed by atoms with E-state index in [1.54, 1.807) is 23.5 Å². The highest BCUT2D eigenvalue weighted by Gasteiger charge is 2.29. The number of guanidine groups is 1. The number of nitrogens with one attached hydrogen (secondary N) is 2. The lowest BCUT2D eigenvalue weighted by Crippen LogP contribution is -2.47. The third-order valence-corrected chi connectivity index (χ3v) is 7.26. The summed E-state index contributed by atoms with van der Waals surface area (Å²) in [6, 6.07) is 10.9. The Bertz CT molecular complexity index is 978. The summed E-state index contributed by atoms with van der Waals surface area (Å²) in [4.78, 5) is 6.73. The topological polar surface area (TPSA) is 90.2 Å². The van der Waals surface area contributed by atoms with E-state index in [0.29, 0.717) is 36.1 Å². The summed E-state index contributed by atoms with van der Waals surface area (Å²) < 4.78 is 33.7. The van der Waals surface area contributed by atoms with Crippen LogP contribution in [-0.4, -0.2) is 63.9 Å². The molecule has 8 nitrogen and oxygen atoms in total. The van der Waals surface area contributed by atoms with Crippen LogP contribution in [0.3, 0.4) is 0 Å². The molecular formula is C21H31N5O3S. The van der Waals surface area contributed by atoms with Crippen molar-refractivity contribution in [3.63, 3.8) is 0 Å². The van der Waals surface area contributed by atoms with Crippen molar-refractivity contribution in [3.8, 4) is 0 Å². The Morgan fingerprint density at radius 3 is 2.50 bits per heavy atom. The molecule has 1 aliphatic heterocycles. The number of hydrogen-bond acceptors (Lipinski definition) is 5. The maximum Gasteiger partial charge on any atom is 0.243 e. The second-order valence-electron chi connectivity index (χ2n) is 7.56. The zero-order chi connectivity index (χ0) is 21.7. The first-order valence-electron chi connectivity index (χ1n) is 10.1. The third kappa shape index (κ3) is 5.21. The van der Waals surface area contributed by atoms with E-state index in [2.05, 4.69) is 20.5 Å². The van der Waals surface area contributed by atoms with Crippen LogP contribution in [0.4, 0.5) is 0 Å². The number of nitrogens with zero attached hydrogens (tertiary/aromatic N) is 3. The summed E-state index contributed by atoms with van der Waals surface area (Å²) in [6.07, 6.45) is 0. The molecule has 2 N–H and O–H groups in total. The second kappa shape index (κ2) is 9.63. The summed E-state index contributed by atoms with van der Waals surface area (Å²) in [5.74, 6) is 2.24. The predicted molar refractivity (Wildman–Crippen MR) is 118 cm³/mol. The first kappa shape index (κ1) is 22.3. The molecule has 1 aromatic carbocycles. The second-order valence-corrected chi connectivity index (χ2v) is 9.46. The van der Waals surface area contributed by atoms with E-state index in [0.717, 1.165) is 24.6 Å². The minimum atomic E-state index is -3.54. The van der Waals surface area contributed by atoms with Crippen molar-refractivity contribution in [3.05, 3.63) is 53.5 Å². The summed E-state index contributed by atoms with van der Waals surface area (Å²) in [6.45, 7) is 6.71. The van der Waals surface area contributed by atoms with Crippen molar-refractivity contribution in [2.75, 3.05) is 40.3 Å². The fourth-order valence-electron chi connectivity index (χ4n) is 3.41. The van der Waals surface area contributed by atoms with E-state index in [4.69, 9.17) is 4.42 Å². The van der Waals surface area contributed by atoms with Gasteiger partial charge >= 0.3 is 0 Å². The first-order chi connectivity index (χ1) is 14.3. The average Bonchev–Trinajstić information content (AvgIpc) is 3.18. The monoisotopic (exact) mass is 433 g/mol. The number of piperazine rings is 1. The van der Waals surface area contributed by atoms with Gasteiger partial charge in [-0.2, -0.15) is 4.31 Å². The van der Waals surface area contributed by atoms with Crippen LogP contribution < -0.4 is 10.6 Å². The molecule has 0 aliphatic carbocycles. The molecule has 3 rings (SSSR count). The van der Waals surface area contributed by atoms with Crippen molar-refractivity contribution in [2.24, 2.45) is 4.99 Å². The largest absolute Gasteiger partial charge is 0.464 e. The Balaban J connectivity index is 1.69. The number of hydrogen-bond donors (Lipinski definition) is 2. The molecule has 30 heavy (non-hydrogen) atoms. The van der Waals surface area contributed by atoms with E-state index in [9.17, 15) is 8.42 Å². The summed E-state index contributed by atoms with van der Waals surface area (Å²) in [5, 5.41) is 6.49. The van der Waals surface area contributed by atoms with Gasteiger partial charge in [0.1, 0.15) is 11.5 Å². The van der Waals surface area contributed by atoms with E-state index in [1.807, 2.05) is 45.2 Å². The molecule has 0 amide bonds. The Morgan fingerprint density at radius 2 is 1.87 bits per heavy atom. The zero-order valence-corrected chi connectivity index (χ0v) is 18.9. The van der Waals surface area contributed by atoms with Crippen molar-refractivity contribution < 1.29 is 12.8 Å². The van der Waals surface area contributed by atoms with Crippen LogP contribution in [0, 0.1) is 6.92 Å². The standard InChI is InChI=1S/C21H31N5O3S/c1-16-9-10-19(29-16)17(2)24-21(22-3)23-15-18-7-5-6-8-20(18)30(27,28)26-13-11-25(4)12-14-26/h5-10,17H,11-15H2,1-4H3,(H2,22,23,24). The average molecular weight is 434 g/mol. The van der Waals surface area contributed by atoms with E-state index in [-0.39, 0.29) is 6.04 Å². The molecule has 1 fully saturated rings. The van der Waals surface area contributed by atoms with Crippen LogP contribution in [0.5, 0.6) is 0 Å². The lowest BCUT2D eigenvalue weighted by Gasteiger charge is -2.32. The highest BCUT2D eigenvalue weighted by molar-refractivity contribution is 7.89. The van der Waals surface area contributed by atoms with Gasteiger partial charge in [0.2, 0.25) is 10.0 Å². The minimum Gasteiger partial charge on any atom is -0.464 e. The number of sulfonamides is 1. The number of benzene rings is 1. The van der Waals surface area contributed by atoms with Gasteiger partial charge in [-0.3, -0.25) is 4.99 Å². The van der Waals surface area contributed by atoms with Gasteiger partial charge < -0.3 is 20.0 Å². The van der Waals surface area contributed by atoms with Crippen LogP contribution in [0.2, 0.25) is 0 Å². The maximum absolute atomic E-state index is 13.2. The number of likely N-dealkylation sites (N-methyl/N-ethyl adjacent to an activating group) is 1. The Hall–Kier alpha value is -2.36. The SMILES string of the molecule is CN=C(NCc1ccccc1S(=O)(=O)N1CCN(C)CC1)NC(C)c1ccc(C)o1. The normalized spacial score (nSPS) is 17.7. The van der Waals surface area contributed by atoms with Gasteiger partial charge in [-0.25, -0.2) is 8.42 Å². The first-order valence-corrected chi connectivity index (χ1v) is 11.6. The smallest absolute Gasteiger partial charge is 0.243 e. The summed E-state index contributed by atoms with van der Waals surface area (Å²) in [5.41, 5.74) is 0.709. The van der Waals surface area contributed by atoms with Gasteiger partial charge in [-0.05, 0) is 44.7 Å². The number of aryl methyl sites for hydroxylation is 1. The maximum atomic E-state index is 13.2.